The average molecular weight is 1520 g/mol. The van der Waals surface area contributed by atoms with Crippen LogP contribution in [0.1, 0.15) is 69.1 Å². The summed E-state index contributed by atoms with van der Waals surface area (Å²) in [7, 11) is 0. The largest absolute Gasteiger partial charge is 1.00 e. The van der Waals surface area contributed by atoms with E-state index in [2.05, 4.69) is 127 Å². The van der Waals surface area contributed by atoms with Crippen LogP contribution in [0.2, 0.25) is 13.3 Å². The molecule has 21 heteroatoms. The zero-order valence-electron chi connectivity index (χ0n) is 43.3. The minimum Gasteiger partial charge on any atom is -1.00 e. The van der Waals surface area contributed by atoms with Gasteiger partial charge in [0.2, 0.25) is 20.5 Å². The van der Waals surface area contributed by atoms with Crippen LogP contribution >= 0.6 is 113 Å². The molecule has 3 aromatic heterocycles. The summed E-state index contributed by atoms with van der Waals surface area (Å²) in [5.74, 6) is 0. The Labute approximate surface area is 518 Å². The SMILES string of the molecule is CCC[CH2][Sn]([CH2]CCC)([CH2]CCC)[c]1ccc(N2CCOCC2)s1.O=C1Sc2cc3c(cc2=C1Br)SC(=O)C=3Br.O=C1Sc2cc3c(cc2=C1c1ccc(N2CCOCC2)s1)SC(=O)C=3c1ccc(N2CCOCC2)s1.[I-]. The van der Waals surface area contributed by atoms with E-state index in [-0.39, 0.29) is 44.4 Å². The fraction of sp³-hybridized carbons (Fsp3) is 0.429. The van der Waals surface area contributed by atoms with Crippen LogP contribution in [0.15, 0.2) is 80.2 Å². The van der Waals surface area contributed by atoms with E-state index in [4.69, 9.17) is 14.2 Å². The minimum absolute atomic E-state index is 0. The quantitative estimate of drug-likeness (QED) is 0.0754. The second-order valence-electron chi connectivity index (χ2n) is 19.4. The van der Waals surface area contributed by atoms with E-state index in [0.717, 1.165) is 140 Å². The molecule has 77 heavy (non-hydrogen) atoms. The molecule has 10 heterocycles. The van der Waals surface area contributed by atoms with E-state index >= 15 is 0 Å². The number of rotatable bonds is 15. The van der Waals surface area contributed by atoms with Crippen LogP contribution < -0.4 is 62.4 Å². The first kappa shape index (κ1) is 60.5. The van der Waals surface area contributed by atoms with Gasteiger partial charge >= 0.3 is 158 Å². The molecular formula is C56H61Br2IN3O7S7Sn-. The molecule has 3 fully saturated rings. The maximum Gasteiger partial charge on any atom is 0.231 e. The first-order valence-electron chi connectivity index (χ1n) is 26.3. The molecule has 410 valence electrons. The Bertz CT molecular complexity index is 3100. The van der Waals surface area contributed by atoms with Gasteiger partial charge in [0.05, 0.1) is 56.5 Å². The fourth-order valence-corrected chi connectivity index (χ4v) is 37.9. The Kier molecular flexibility index (Phi) is 22.0. The number of hydrogen-bond acceptors (Lipinski definition) is 17. The van der Waals surface area contributed by atoms with Crippen molar-refractivity contribution in [1.29, 1.82) is 0 Å². The number of ether oxygens (including phenoxy) is 3. The monoisotopic (exact) mass is 1520 g/mol. The molecule has 0 spiro atoms. The Hall–Kier alpha value is -1.13. The molecule has 0 atom stereocenters. The van der Waals surface area contributed by atoms with Crippen LogP contribution in [-0.4, -0.2) is 118 Å². The van der Waals surface area contributed by atoms with Gasteiger partial charge in [-0.3, -0.25) is 19.2 Å². The van der Waals surface area contributed by atoms with Gasteiger partial charge in [0, 0.05) is 76.4 Å². The van der Waals surface area contributed by atoms with E-state index in [1.165, 1.54) is 101 Å². The number of morpholine rings is 3. The number of nitrogens with zero attached hydrogens (tertiary/aromatic N) is 3. The van der Waals surface area contributed by atoms with Gasteiger partial charge in [-0.2, -0.15) is 0 Å². The minimum atomic E-state index is -2.21. The summed E-state index contributed by atoms with van der Waals surface area (Å²) in [6.07, 6.45) is 8.44. The summed E-state index contributed by atoms with van der Waals surface area (Å²) < 4.78 is 24.3. The molecule has 0 N–H and O–H groups in total. The van der Waals surface area contributed by atoms with Crippen LogP contribution in [0.5, 0.6) is 0 Å². The number of carbonyl (C=O) groups excluding carboxylic acids is 4. The Morgan fingerprint density at radius 3 is 1.16 bits per heavy atom. The Morgan fingerprint density at radius 2 is 0.779 bits per heavy atom. The topological polar surface area (TPSA) is 106 Å². The number of hydrogen-bond donors (Lipinski definition) is 0. The van der Waals surface area contributed by atoms with E-state index < -0.39 is 18.4 Å². The predicted molar refractivity (Wildman–Crippen MR) is 331 cm³/mol. The first-order chi connectivity index (χ1) is 37.0. The van der Waals surface area contributed by atoms with Crippen molar-refractivity contribution in [2.75, 3.05) is 93.6 Å². The van der Waals surface area contributed by atoms with Crippen molar-refractivity contribution >= 4 is 190 Å². The number of thiophene rings is 3. The summed E-state index contributed by atoms with van der Waals surface area (Å²) in [4.78, 5) is 62.1. The smallest absolute Gasteiger partial charge is 0.231 e. The van der Waals surface area contributed by atoms with Gasteiger partial charge in [0.25, 0.3) is 0 Å². The summed E-state index contributed by atoms with van der Waals surface area (Å²) in [6, 6.07) is 21.2. The molecule has 0 radical (unpaired) electrons. The molecule has 12 rings (SSSR count). The molecule has 5 aromatic rings. The molecule has 0 bridgehead atoms. The van der Waals surface area contributed by atoms with E-state index in [1.54, 1.807) is 36.0 Å². The number of unbranched alkanes of at least 4 members (excludes halogenated alkanes) is 3. The molecule has 0 saturated carbocycles. The third kappa shape index (κ3) is 13.6. The van der Waals surface area contributed by atoms with Crippen molar-refractivity contribution < 1.29 is 57.4 Å². The van der Waals surface area contributed by atoms with Crippen molar-refractivity contribution in [2.45, 2.75) is 92.2 Å². The van der Waals surface area contributed by atoms with Crippen LogP contribution in [0, 0.1) is 0 Å². The number of thioether (sulfide) groups is 4. The van der Waals surface area contributed by atoms with Gasteiger partial charge in [-0.1, -0.05) is 0 Å². The molecule has 2 aromatic carbocycles. The average Bonchev–Trinajstić information content (AvgIpc) is 4.37. The molecule has 0 amide bonds. The van der Waals surface area contributed by atoms with Gasteiger partial charge in [0.15, 0.2) is 0 Å². The summed E-state index contributed by atoms with van der Waals surface area (Å²) in [5, 5.41) is 7.70. The van der Waals surface area contributed by atoms with Gasteiger partial charge in [-0.15, -0.1) is 22.7 Å². The van der Waals surface area contributed by atoms with Gasteiger partial charge in [-0.05, 0) is 127 Å². The molecule has 7 aliphatic heterocycles. The summed E-state index contributed by atoms with van der Waals surface area (Å²) in [5.41, 5.74) is 1.52. The number of benzene rings is 2. The molecule has 10 nitrogen and oxygen atoms in total. The van der Waals surface area contributed by atoms with Crippen molar-refractivity contribution in [3.63, 3.8) is 0 Å². The molecular weight excluding hydrogens is 1460 g/mol. The number of fused-ring (bicyclic) bond motifs is 4. The Balaban J connectivity index is 0.000000152. The van der Waals surface area contributed by atoms with E-state index in [9.17, 15) is 19.2 Å². The normalized spacial score (nSPS) is 18.0. The van der Waals surface area contributed by atoms with Crippen LogP contribution in [-0.2, 0) is 33.4 Å². The summed E-state index contributed by atoms with van der Waals surface area (Å²) >= 11 is 14.8. The van der Waals surface area contributed by atoms with Crippen molar-refractivity contribution in [3.8, 4) is 0 Å². The van der Waals surface area contributed by atoms with Crippen LogP contribution in [0.3, 0.4) is 0 Å². The Morgan fingerprint density at radius 1 is 0.455 bits per heavy atom. The van der Waals surface area contributed by atoms with Gasteiger partial charge in [0.1, 0.15) is 0 Å². The van der Waals surface area contributed by atoms with Gasteiger partial charge in [-0.25, -0.2) is 0 Å². The maximum atomic E-state index is 13.1. The van der Waals surface area contributed by atoms with Crippen LogP contribution in [0.4, 0.5) is 15.0 Å². The van der Waals surface area contributed by atoms with E-state index in [0.29, 0.717) is 8.96 Å². The van der Waals surface area contributed by atoms with E-state index in [1.807, 2.05) is 15.0 Å². The number of carbonyl (C=O) groups is 4. The standard InChI is InChI=1S/C26H22N2O4S4.C10H2Br2O2S2.C8H10NOS.3C4H9.HI.Sn/c29-25-23(17-1-3-21(33-17)27-5-9-31-10-6-27)15-13-20-16(14-19(15)35-25)24(26(30)36-20)18-2-4-22(34-18)28-7-11-32-12-8-28;11-7-3-1-5-4(8(12)10(14)15-5)2-6(3)16-9(7)13;1-2-8(11-7-1)9-3-5-10-6-4-9;3*1-3-4-2;;/h1-4,13-14H,5-12H2;1-2H;1-2H,3-6H2;3*1,3-4H2,2H3;1H;/p-1. The third-order valence-electron chi connectivity index (χ3n) is 14.5. The first-order valence-corrected chi connectivity index (χ1v) is 41.1. The second-order valence-corrected chi connectivity index (χ2v) is 42.4. The fourth-order valence-electron chi connectivity index (χ4n) is 10.4. The van der Waals surface area contributed by atoms with Crippen molar-refractivity contribution in [3.05, 3.63) is 91.3 Å². The number of anilines is 3. The third-order valence-corrected chi connectivity index (χ3v) is 42.2. The van der Waals surface area contributed by atoms with Crippen molar-refractivity contribution in [1.82, 2.24) is 0 Å². The molecule has 0 unspecified atom stereocenters. The molecule has 0 aliphatic carbocycles. The number of halogens is 3. The second kappa shape index (κ2) is 28.0. The van der Waals surface area contributed by atoms with Crippen LogP contribution in [0.25, 0.3) is 20.1 Å². The van der Waals surface area contributed by atoms with Crippen molar-refractivity contribution in [2.24, 2.45) is 0 Å². The molecule has 3 saturated heterocycles. The van der Waals surface area contributed by atoms with Gasteiger partial charge < -0.3 is 43.3 Å². The predicted octanol–water partition coefficient (Wildman–Crippen LogP) is 7.75. The molecule has 7 aliphatic rings. The zero-order chi connectivity index (χ0) is 52.9. The zero-order valence-corrected chi connectivity index (χ0v) is 57.2. The summed E-state index contributed by atoms with van der Waals surface area (Å²) in [6.45, 7) is 17.4. The maximum absolute atomic E-state index is 13.1.